The van der Waals surface area contributed by atoms with Crippen LogP contribution < -0.4 is 10.6 Å². The largest absolute Gasteiger partial charge is 0.392 e. The Bertz CT molecular complexity index is 1220. The maximum atomic E-state index is 12.8. The van der Waals surface area contributed by atoms with Crippen LogP contribution in [0.4, 0.5) is 5.69 Å². The van der Waals surface area contributed by atoms with Gasteiger partial charge in [-0.2, -0.15) is 0 Å². The van der Waals surface area contributed by atoms with Gasteiger partial charge in [0.2, 0.25) is 11.8 Å². The van der Waals surface area contributed by atoms with Gasteiger partial charge in [0, 0.05) is 43.6 Å². The monoisotopic (exact) mass is 708 g/mol. The number of aliphatic hydroxyl groups excluding tert-OH is 1. The number of ether oxygens (including phenoxy) is 2. The highest BCUT2D eigenvalue weighted by Crippen LogP contribution is 2.42. The van der Waals surface area contributed by atoms with Crippen LogP contribution in [0.1, 0.15) is 160 Å². The van der Waals surface area contributed by atoms with Crippen LogP contribution in [0.5, 0.6) is 0 Å². The molecular weight excluding hydrogens is 638 g/mol. The molecule has 2 aromatic rings. The molecule has 8 nitrogen and oxygen atoms in total. The molecule has 3 rings (SSSR count). The molecule has 286 valence electrons. The second-order valence-corrected chi connectivity index (χ2v) is 14.6. The molecule has 1 saturated heterocycles. The zero-order valence-electron chi connectivity index (χ0n) is 32.3. The summed E-state index contributed by atoms with van der Waals surface area (Å²) >= 11 is 0. The number of carbonyl (C=O) groups excluding carboxylic acids is 2. The first-order chi connectivity index (χ1) is 24.8. The predicted octanol–water partition coefficient (Wildman–Crippen LogP) is 9.63. The van der Waals surface area contributed by atoms with Gasteiger partial charge in [0.25, 0.3) is 0 Å². The smallest absolute Gasteiger partial charge is 0.224 e. The van der Waals surface area contributed by atoms with Crippen LogP contribution in [0, 0.1) is 5.92 Å². The average molecular weight is 708 g/mol. The van der Waals surface area contributed by atoms with Crippen molar-refractivity contribution in [1.29, 1.82) is 0 Å². The van der Waals surface area contributed by atoms with Gasteiger partial charge < -0.3 is 30.1 Å². The molecule has 2 amide bonds. The first-order valence-electron chi connectivity index (χ1n) is 20.2. The van der Waals surface area contributed by atoms with Crippen LogP contribution in [-0.4, -0.2) is 54.1 Å². The van der Waals surface area contributed by atoms with Gasteiger partial charge in [-0.15, -0.1) is 0 Å². The number of nitrogens with one attached hydrogen (secondary N) is 2. The van der Waals surface area contributed by atoms with Crippen molar-refractivity contribution in [3.05, 3.63) is 65.2 Å². The fourth-order valence-corrected chi connectivity index (χ4v) is 6.95. The molecule has 2 aromatic carbocycles. The second-order valence-electron chi connectivity index (χ2n) is 14.6. The summed E-state index contributed by atoms with van der Waals surface area (Å²) in [6.45, 7) is 12.0. The molecule has 1 aliphatic heterocycles. The van der Waals surface area contributed by atoms with Gasteiger partial charge in [0.05, 0.1) is 18.8 Å². The van der Waals surface area contributed by atoms with E-state index in [1.54, 1.807) is 0 Å². The zero-order valence-corrected chi connectivity index (χ0v) is 32.3. The molecule has 1 fully saturated rings. The summed E-state index contributed by atoms with van der Waals surface area (Å²) in [4.78, 5) is 26.5. The Hall–Kier alpha value is -2.78. The third-order valence-electron chi connectivity index (χ3n) is 10.1. The Labute approximate surface area is 309 Å². The van der Waals surface area contributed by atoms with Crippen molar-refractivity contribution in [1.82, 2.24) is 10.2 Å². The molecule has 0 bridgehead atoms. The van der Waals surface area contributed by atoms with E-state index in [1.165, 1.54) is 84.0 Å². The molecule has 1 aliphatic rings. The Morgan fingerprint density at radius 3 is 2.02 bits per heavy atom. The number of aliphatic hydroxyl groups is 1. The lowest BCUT2D eigenvalue weighted by Gasteiger charge is -2.43. The van der Waals surface area contributed by atoms with Gasteiger partial charge in [-0.25, -0.2) is 0 Å². The number of unbranched alkanes of at least 4 members (excludes halogenated alkanes) is 12. The number of nitrogens with zero attached hydrogens (tertiary/aromatic N) is 1. The van der Waals surface area contributed by atoms with E-state index in [0.717, 1.165) is 61.3 Å². The third-order valence-corrected chi connectivity index (χ3v) is 10.1. The molecule has 3 N–H and O–H groups in total. The SMILES string of the molecule is CCCCCCCCN(CCCCCCCC)C[C@@H]1O[C@H](c2cccc(NC(=O)CCCCCNC(C)=O)c2)O[C@H](c2ccc(CO)cc2)[C@@H]1C. The van der Waals surface area contributed by atoms with Crippen molar-refractivity contribution < 1.29 is 24.2 Å². The van der Waals surface area contributed by atoms with E-state index in [2.05, 4.69) is 48.4 Å². The van der Waals surface area contributed by atoms with Gasteiger partial charge >= 0.3 is 0 Å². The third kappa shape index (κ3) is 16.6. The van der Waals surface area contributed by atoms with Gasteiger partial charge in [0.15, 0.2) is 6.29 Å². The van der Waals surface area contributed by atoms with Crippen LogP contribution in [0.25, 0.3) is 0 Å². The minimum Gasteiger partial charge on any atom is -0.392 e. The Morgan fingerprint density at radius 1 is 0.765 bits per heavy atom. The summed E-state index contributed by atoms with van der Waals surface area (Å²) in [5.74, 6) is 0.0702. The molecule has 0 saturated carbocycles. The van der Waals surface area contributed by atoms with E-state index in [9.17, 15) is 14.7 Å². The maximum absolute atomic E-state index is 12.8. The van der Waals surface area contributed by atoms with E-state index < -0.39 is 6.29 Å². The number of hydrogen-bond acceptors (Lipinski definition) is 6. The van der Waals surface area contributed by atoms with Crippen molar-refractivity contribution in [2.45, 2.75) is 156 Å². The van der Waals surface area contributed by atoms with Crippen molar-refractivity contribution in [2.24, 2.45) is 5.92 Å². The van der Waals surface area contributed by atoms with Crippen molar-refractivity contribution >= 4 is 17.5 Å². The van der Waals surface area contributed by atoms with Crippen LogP contribution >= 0.6 is 0 Å². The van der Waals surface area contributed by atoms with Crippen LogP contribution in [0.15, 0.2) is 48.5 Å². The van der Waals surface area contributed by atoms with Gasteiger partial charge in [-0.05, 0) is 62.0 Å². The molecule has 0 aliphatic carbocycles. The summed E-state index contributed by atoms with van der Waals surface area (Å²) in [6.07, 6.45) is 17.6. The number of amides is 2. The zero-order chi connectivity index (χ0) is 36.7. The fourth-order valence-electron chi connectivity index (χ4n) is 6.95. The standard InChI is InChI=1S/C43H69N3O5/c1-5-7-9-11-13-18-29-46(30-19-14-12-10-8-6-2)32-40-34(3)42(37-26-24-36(33-47)25-27-37)51-43(50-40)38-21-20-22-39(31-38)45-41(49)23-16-15-17-28-44-35(4)48/h20-22,24-27,31,34,40,42-43,47H,5-19,23,28-30,32-33H2,1-4H3,(H,44,48)(H,45,49)/t34-,40+,42+,43+/m1/s1. The molecule has 4 atom stereocenters. The minimum atomic E-state index is -0.579. The van der Waals surface area contributed by atoms with Crippen LogP contribution in [0.3, 0.4) is 0 Å². The van der Waals surface area contributed by atoms with E-state index in [-0.39, 0.29) is 36.5 Å². The Morgan fingerprint density at radius 2 is 1.39 bits per heavy atom. The number of rotatable bonds is 26. The second kappa shape index (κ2) is 25.2. The van der Waals surface area contributed by atoms with Gasteiger partial charge in [-0.1, -0.05) is 128 Å². The first kappa shape index (κ1) is 42.6. The quantitative estimate of drug-likeness (QED) is 0.0843. The lowest BCUT2D eigenvalue weighted by atomic mass is 9.90. The molecule has 51 heavy (non-hydrogen) atoms. The van der Waals surface area contributed by atoms with E-state index in [4.69, 9.17) is 9.47 Å². The molecule has 0 aromatic heterocycles. The highest BCUT2D eigenvalue weighted by Gasteiger charge is 2.39. The summed E-state index contributed by atoms with van der Waals surface area (Å²) < 4.78 is 13.6. The topological polar surface area (TPSA) is 100 Å². The highest BCUT2D eigenvalue weighted by molar-refractivity contribution is 5.90. The number of hydrogen-bond donors (Lipinski definition) is 3. The van der Waals surface area contributed by atoms with Crippen molar-refractivity contribution in [3.63, 3.8) is 0 Å². The lowest BCUT2D eigenvalue weighted by Crippen LogP contribution is -2.45. The molecule has 0 radical (unpaired) electrons. The fraction of sp³-hybridized carbons (Fsp3) is 0.674. The van der Waals surface area contributed by atoms with Crippen molar-refractivity contribution in [3.8, 4) is 0 Å². The normalized spacial score (nSPS) is 18.9. The Kier molecular flexibility index (Phi) is 21.1. The molecule has 0 spiro atoms. The molecule has 0 unspecified atom stereocenters. The Balaban J connectivity index is 1.72. The van der Waals surface area contributed by atoms with Crippen molar-refractivity contribution in [2.75, 3.05) is 31.5 Å². The summed E-state index contributed by atoms with van der Waals surface area (Å²) in [5.41, 5.74) is 3.58. The van der Waals surface area contributed by atoms with Crippen LogP contribution in [0.2, 0.25) is 0 Å². The van der Waals surface area contributed by atoms with E-state index in [0.29, 0.717) is 13.0 Å². The molecule has 8 heteroatoms. The van der Waals surface area contributed by atoms with Crippen LogP contribution in [-0.2, 0) is 25.7 Å². The summed E-state index contributed by atoms with van der Waals surface area (Å²) in [7, 11) is 0. The number of anilines is 1. The lowest BCUT2D eigenvalue weighted by molar-refractivity contribution is -0.276. The molecular formula is C43H69N3O5. The van der Waals surface area contributed by atoms with Gasteiger partial charge in [0.1, 0.15) is 0 Å². The van der Waals surface area contributed by atoms with Gasteiger partial charge in [-0.3, -0.25) is 9.59 Å². The van der Waals surface area contributed by atoms with E-state index >= 15 is 0 Å². The molecule has 1 heterocycles. The average Bonchev–Trinajstić information content (AvgIpc) is 3.13. The number of carbonyl (C=O) groups is 2. The summed E-state index contributed by atoms with van der Waals surface area (Å²) in [5, 5.41) is 15.5. The minimum absolute atomic E-state index is 0.0111. The van der Waals surface area contributed by atoms with E-state index in [1.807, 2.05) is 36.4 Å². The maximum Gasteiger partial charge on any atom is 0.224 e. The number of benzene rings is 2. The highest BCUT2D eigenvalue weighted by atomic mass is 16.7. The first-order valence-corrected chi connectivity index (χ1v) is 20.2. The summed E-state index contributed by atoms with van der Waals surface area (Å²) in [6, 6.07) is 16.0. The predicted molar refractivity (Wildman–Crippen MR) is 208 cm³/mol.